The van der Waals surface area contributed by atoms with Crippen molar-refractivity contribution in [3.05, 3.63) is 40.4 Å². The average molecular weight is 412 g/mol. The highest BCUT2D eigenvalue weighted by Crippen LogP contribution is 2.18. The van der Waals surface area contributed by atoms with E-state index in [0.717, 1.165) is 19.5 Å². The van der Waals surface area contributed by atoms with Crippen molar-refractivity contribution in [3.63, 3.8) is 0 Å². The van der Waals surface area contributed by atoms with Crippen molar-refractivity contribution in [3.8, 4) is 0 Å². The third kappa shape index (κ3) is 4.23. The van der Waals surface area contributed by atoms with Gasteiger partial charge < -0.3 is 15.1 Å². The zero-order valence-corrected chi connectivity index (χ0v) is 17.6. The predicted molar refractivity (Wildman–Crippen MR) is 114 cm³/mol. The van der Waals surface area contributed by atoms with Gasteiger partial charge in [0.1, 0.15) is 5.82 Å². The number of aryl methyl sites for hydroxylation is 1. The van der Waals surface area contributed by atoms with E-state index in [1.165, 1.54) is 0 Å². The lowest BCUT2D eigenvalue weighted by atomic mass is 9.98. The van der Waals surface area contributed by atoms with Gasteiger partial charge in [0.2, 0.25) is 11.8 Å². The summed E-state index contributed by atoms with van der Waals surface area (Å²) in [5, 5.41) is 3.60. The zero-order chi connectivity index (χ0) is 21.3. The molecule has 2 aliphatic rings. The molecule has 0 radical (unpaired) electrons. The number of amides is 2. The molecule has 0 spiro atoms. The molecule has 0 bridgehead atoms. The number of hydrogen-bond donors (Lipinski definition) is 1. The van der Waals surface area contributed by atoms with E-state index in [9.17, 15) is 14.4 Å². The van der Waals surface area contributed by atoms with E-state index in [-0.39, 0.29) is 29.7 Å². The van der Waals surface area contributed by atoms with E-state index < -0.39 is 0 Å². The highest BCUT2D eigenvalue weighted by molar-refractivity contribution is 5.84. The minimum absolute atomic E-state index is 0.0315. The topological polar surface area (TPSA) is 87.5 Å². The monoisotopic (exact) mass is 411 g/mol. The maximum Gasteiger partial charge on any atom is 0.261 e. The Kier molecular flexibility index (Phi) is 5.85. The molecule has 1 aromatic heterocycles. The second kappa shape index (κ2) is 8.55. The van der Waals surface area contributed by atoms with Crippen molar-refractivity contribution in [1.29, 1.82) is 0 Å². The SMILES string of the molecule is Cc1nc2ccccc2c(=O)n1CCC(=O)N1CC(C(=O)NCC2CCN(C)C2)C1. The smallest absolute Gasteiger partial charge is 0.261 e. The van der Waals surface area contributed by atoms with Crippen LogP contribution in [0.3, 0.4) is 0 Å². The van der Waals surface area contributed by atoms with Gasteiger partial charge in [-0.05, 0) is 45.0 Å². The molecule has 1 N–H and O–H groups in total. The quantitative estimate of drug-likeness (QED) is 0.753. The number of hydrogen-bond acceptors (Lipinski definition) is 5. The Morgan fingerprint density at radius 3 is 2.70 bits per heavy atom. The van der Waals surface area contributed by atoms with Gasteiger partial charge in [-0.2, -0.15) is 0 Å². The number of aromatic nitrogens is 2. The summed E-state index contributed by atoms with van der Waals surface area (Å²) in [4.78, 5) is 46.0. The average Bonchev–Trinajstić information content (AvgIpc) is 3.10. The summed E-state index contributed by atoms with van der Waals surface area (Å²) in [6, 6.07) is 7.23. The van der Waals surface area contributed by atoms with E-state index in [1.54, 1.807) is 22.5 Å². The Labute approximate surface area is 175 Å². The number of para-hydroxylation sites is 1. The highest BCUT2D eigenvalue weighted by Gasteiger charge is 2.35. The first kappa shape index (κ1) is 20.5. The highest BCUT2D eigenvalue weighted by atomic mass is 16.2. The maximum atomic E-state index is 12.7. The first-order valence-electron chi connectivity index (χ1n) is 10.6. The molecule has 2 aromatic rings. The molecular weight excluding hydrogens is 382 g/mol. The van der Waals surface area contributed by atoms with Crippen molar-refractivity contribution >= 4 is 22.7 Å². The second-order valence-electron chi connectivity index (χ2n) is 8.54. The number of rotatable bonds is 6. The number of carbonyl (C=O) groups excluding carboxylic acids is 2. The predicted octanol–water partition coefficient (Wildman–Crippen LogP) is 0.621. The van der Waals surface area contributed by atoms with Crippen LogP contribution in [0, 0.1) is 18.8 Å². The van der Waals surface area contributed by atoms with Gasteiger partial charge in [-0.3, -0.25) is 19.0 Å². The molecule has 8 nitrogen and oxygen atoms in total. The number of carbonyl (C=O) groups is 2. The molecule has 2 amide bonds. The third-order valence-electron chi connectivity index (χ3n) is 6.26. The molecule has 1 atom stereocenters. The van der Waals surface area contributed by atoms with Gasteiger partial charge in [0.05, 0.1) is 16.8 Å². The number of fused-ring (bicyclic) bond motifs is 1. The molecule has 1 aromatic carbocycles. The van der Waals surface area contributed by atoms with Gasteiger partial charge in [0.25, 0.3) is 5.56 Å². The molecule has 8 heteroatoms. The van der Waals surface area contributed by atoms with Crippen LogP contribution >= 0.6 is 0 Å². The normalized spacial score (nSPS) is 19.8. The van der Waals surface area contributed by atoms with Crippen LogP contribution in [0.4, 0.5) is 0 Å². The lowest BCUT2D eigenvalue weighted by Crippen LogP contribution is -2.56. The lowest BCUT2D eigenvalue weighted by molar-refractivity contribution is -0.143. The zero-order valence-electron chi connectivity index (χ0n) is 17.6. The Morgan fingerprint density at radius 2 is 1.97 bits per heavy atom. The summed E-state index contributed by atoms with van der Waals surface area (Å²) in [7, 11) is 2.10. The van der Waals surface area contributed by atoms with Crippen LogP contribution in [0.1, 0.15) is 18.7 Å². The fourth-order valence-electron chi connectivity index (χ4n) is 4.34. The van der Waals surface area contributed by atoms with Gasteiger partial charge in [-0.1, -0.05) is 12.1 Å². The fourth-order valence-corrected chi connectivity index (χ4v) is 4.34. The van der Waals surface area contributed by atoms with Crippen molar-refractivity contribution in [2.24, 2.45) is 11.8 Å². The van der Waals surface area contributed by atoms with Gasteiger partial charge in [-0.15, -0.1) is 0 Å². The van der Waals surface area contributed by atoms with Crippen molar-refractivity contribution in [1.82, 2.24) is 24.7 Å². The van der Waals surface area contributed by atoms with E-state index in [4.69, 9.17) is 0 Å². The maximum absolute atomic E-state index is 12.7. The molecule has 2 aliphatic heterocycles. The van der Waals surface area contributed by atoms with Crippen molar-refractivity contribution < 1.29 is 9.59 Å². The van der Waals surface area contributed by atoms with Crippen LogP contribution in [-0.2, 0) is 16.1 Å². The van der Waals surface area contributed by atoms with Crippen molar-refractivity contribution in [2.75, 3.05) is 39.8 Å². The molecule has 3 heterocycles. The summed E-state index contributed by atoms with van der Waals surface area (Å²) in [6.07, 6.45) is 1.35. The van der Waals surface area contributed by atoms with Crippen LogP contribution in [0.25, 0.3) is 10.9 Å². The van der Waals surface area contributed by atoms with Gasteiger partial charge in [-0.25, -0.2) is 4.98 Å². The molecule has 0 aliphatic carbocycles. The van der Waals surface area contributed by atoms with Gasteiger partial charge >= 0.3 is 0 Å². The van der Waals surface area contributed by atoms with E-state index in [1.807, 2.05) is 18.2 Å². The summed E-state index contributed by atoms with van der Waals surface area (Å²) >= 11 is 0. The second-order valence-corrected chi connectivity index (χ2v) is 8.54. The Hall–Kier alpha value is -2.74. The minimum atomic E-state index is -0.125. The molecule has 2 fully saturated rings. The molecule has 4 rings (SSSR count). The van der Waals surface area contributed by atoms with Gasteiger partial charge in [0, 0.05) is 39.1 Å². The van der Waals surface area contributed by atoms with Crippen LogP contribution < -0.4 is 10.9 Å². The molecule has 0 saturated carbocycles. The number of likely N-dealkylation sites (tertiary alicyclic amines) is 2. The molecule has 2 saturated heterocycles. The van der Waals surface area contributed by atoms with Gasteiger partial charge in [0.15, 0.2) is 0 Å². The summed E-state index contributed by atoms with van der Waals surface area (Å²) in [5.74, 6) is 1.01. The van der Waals surface area contributed by atoms with Crippen LogP contribution in [0.2, 0.25) is 0 Å². The van der Waals surface area contributed by atoms with E-state index in [2.05, 4.69) is 22.2 Å². The number of benzene rings is 1. The lowest BCUT2D eigenvalue weighted by Gasteiger charge is -2.38. The molecular formula is C22H29N5O3. The minimum Gasteiger partial charge on any atom is -0.355 e. The Balaban J connectivity index is 1.26. The summed E-state index contributed by atoms with van der Waals surface area (Å²) in [5.41, 5.74) is 0.549. The molecule has 160 valence electrons. The summed E-state index contributed by atoms with van der Waals surface area (Å²) < 4.78 is 1.56. The van der Waals surface area contributed by atoms with Crippen molar-refractivity contribution in [2.45, 2.75) is 26.3 Å². The first-order valence-corrected chi connectivity index (χ1v) is 10.6. The largest absolute Gasteiger partial charge is 0.355 e. The van der Waals surface area contributed by atoms with Crippen LogP contribution in [0.5, 0.6) is 0 Å². The molecule has 30 heavy (non-hydrogen) atoms. The Morgan fingerprint density at radius 1 is 1.20 bits per heavy atom. The molecule has 1 unspecified atom stereocenters. The Bertz CT molecular complexity index is 1010. The number of nitrogens with zero attached hydrogens (tertiary/aromatic N) is 4. The fraction of sp³-hybridized carbons (Fsp3) is 0.545. The summed E-state index contributed by atoms with van der Waals surface area (Å²) in [6.45, 7) is 5.82. The first-order chi connectivity index (χ1) is 14.4. The third-order valence-corrected chi connectivity index (χ3v) is 6.26. The van der Waals surface area contributed by atoms with E-state index in [0.29, 0.717) is 48.8 Å². The van der Waals surface area contributed by atoms with Crippen LogP contribution in [0.15, 0.2) is 29.1 Å². The van der Waals surface area contributed by atoms with Crippen LogP contribution in [-0.4, -0.2) is 70.9 Å². The number of nitrogens with one attached hydrogen (secondary N) is 1. The van der Waals surface area contributed by atoms with E-state index >= 15 is 0 Å². The standard InChI is InChI=1S/C22H29N5O3/c1-15-24-19-6-4-3-5-18(19)22(30)27(15)10-8-20(28)26-13-17(14-26)21(29)23-11-16-7-9-25(2)12-16/h3-6,16-17H,7-14H2,1-2H3,(H,23,29).